The van der Waals surface area contributed by atoms with Crippen molar-refractivity contribution in [3.05, 3.63) is 12.1 Å². The number of hydrogen-bond acceptors (Lipinski definition) is 5. The zero-order valence-electron chi connectivity index (χ0n) is 15.1. The second-order valence-electron chi connectivity index (χ2n) is 6.21. The van der Waals surface area contributed by atoms with Gasteiger partial charge in [0.05, 0.1) is 27.0 Å². The van der Waals surface area contributed by atoms with Gasteiger partial charge in [-0.3, -0.25) is 0 Å². The summed E-state index contributed by atoms with van der Waals surface area (Å²) in [6, 6.07) is 3.35. The molecular formula is C17H27N3O4. The van der Waals surface area contributed by atoms with Gasteiger partial charge in [0, 0.05) is 31.8 Å². The second kappa shape index (κ2) is 8.10. The molecule has 1 aromatic carbocycles. The van der Waals surface area contributed by atoms with Crippen molar-refractivity contribution in [2.45, 2.75) is 6.42 Å². The number of benzene rings is 1. The second-order valence-corrected chi connectivity index (χ2v) is 6.21. The molecule has 0 saturated carbocycles. The molecule has 1 heterocycles. The number of hydrogen-bond donors (Lipinski definition) is 1. The van der Waals surface area contributed by atoms with Crippen LogP contribution in [0.25, 0.3) is 0 Å². The van der Waals surface area contributed by atoms with E-state index in [0.29, 0.717) is 28.9 Å². The summed E-state index contributed by atoms with van der Waals surface area (Å²) >= 11 is 0. The smallest absolute Gasteiger partial charge is 0.321 e. The third-order valence-electron chi connectivity index (χ3n) is 4.11. The topological polar surface area (TPSA) is 63.3 Å². The van der Waals surface area contributed by atoms with Gasteiger partial charge in [-0.05, 0) is 26.4 Å². The molecule has 7 heteroatoms. The molecule has 0 bridgehead atoms. The van der Waals surface area contributed by atoms with E-state index < -0.39 is 0 Å². The van der Waals surface area contributed by atoms with Crippen LogP contribution in [0, 0.1) is 5.92 Å². The van der Waals surface area contributed by atoms with E-state index in [2.05, 4.69) is 24.3 Å². The summed E-state index contributed by atoms with van der Waals surface area (Å²) in [4.78, 5) is 16.5. The molecular weight excluding hydrogens is 310 g/mol. The minimum atomic E-state index is -0.106. The Hall–Kier alpha value is -2.15. The van der Waals surface area contributed by atoms with Gasteiger partial charge in [-0.2, -0.15) is 0 Å². The summed E-state index contributed by atoms with van der Waals surface area (Å²) in [6.07, 6.45) is 1.03. The Morgan fingerprint density at radius 3 is 2.33 bits per heavy atom. The van der Waals surface area contributed by atoms with Crippen molar-refractivity contribution in [2.24, 2.45) is 5.92 Å². The molecule has 24 heavy (non-hydrogen) atoms. The predicted molar refractivity (Wildman–Crippen MR) is 93.4 cm³/mol. The molecule has 2 rings (SSSR count). The molecule has 1 aliphatic heterocycles. The van der Waals surface area contributed by atoms with Gasteiger partial charge in [0.25, 0.3) is 0 Å². The quantitative estimate of drug-likeness (QED) is 0.861. The van der Waals surface area contributed by atoms with Crippen LogP contribution in [0.1, 0.15) is 6.42 Å². The third-order valence-corrected chi connectivity index (χ3v) is 4.11. The van der Waals surface area contributed by atoms with Crippen LogP contribution >= 0.6 is 0 Å². The summed E-state index contributed by atoms with van der Waals surface area (Å²) < 4.78 is 15.9. The van der Waals surface area contributed by atoms with Crippen LogP contribution in [-0.4, -0.2) is 70.9 Å². The maximum absolute atomic E-state index is 12.5. The number of rotatable bonds is 6. The molecule has 0 aliphatic carbocycles. The number of likely N-dealkylation sites (tertiary alicyclic amines) is 1. The predicted octanol–water partition coefficient (Wildman–Crippen LogP) is 2.13. The number of amides is 2. The first kappa shape index (κ1) is 18.2. The Bertz CT molecular complexity index is 552. The number of urea groups is 1. The SMILES string of the molecule is COc1cc(NC(=O)N2CCC(CN(C)C)C2)cc(OC)c1OC. The lowest BCUT2D eigenvalue weighted by molar-refractivity contribution is 0.219. The number of anilines is 1. The monoisotopic (exact) mass is 337 g/mol. The van der Waals surface area contributed by atoms with Gasteiger partial charge in [0.2, 0.25) is 5.75 Å². The van der Waals surface area contributed by atoms with Crippen LogP contribution in [0.3, 0.4) is 0 Å². The maximum atomic E-state index is 12.5. The number of methoxy groups -OCH3 is 3. The molecule has 1 atom stereocenters. The first-order valence-electron chi connectivity index (χ1n) is 7.99. The average Bonchev–Trinajstić information content (AvgIpc) is 3.01. The van der Waals surface area contributed by atoms with E-state index in [1.165, 1.54) is 0 Å². The van der Waals surface area contributed by atoms with Gasteiger partial charge in [-0.1, -0.05) is 0 Å². The van der Waals surface area contributed by atoms with E-state index in [-0.39, 0.29) is 6.03 Å². The van der Waals surface area contributed by atoms with Crippen molar-refractivity contribution >= 4 is 11.7 Å². The van der Waals surface area contributed by atoms with Crippen molar-refractivity contribution in [1.29, 1.82) is 0 Å². The van der Waals surface area contributed by atoms with Crippen LogP contribution in [0.2, 0.25) is 0 Å². The van der Waals surface area contributed by atoms with Crippen LogP contribution in [0.15, 0.2) is 12.1 Å². The van der Waals surface area contributed by atoms with Gasteiger partial charge in [-0.15, -0.1) is 0 Å². The molecule has 2 amide bonds. The van der Waals surface area contributed by atoms with Crippen LogP contribution in [-0.2, 0) is 0 Å². The molecule has 0 spiro atoms. The Morgan fingerprint density at radius 1 is 1.21 bits per heavy atom. The van der Waals surface area contributed by atoms with Gasteiger partial charge in [0.1, 0.15) is 0 Å². The minimum Gasteiger partial charge on any atom is -0.493 e. The summed E-state index contributed by atoms with van der Waals surface area (Å²) in [6.45, 7) is 2.54. The Labute approximate surface area is 143 Å². The number of nitrogens with zero attached hydrogens (tertiary/aromatic N) is 2. The summed E-state index contributed by atoms with van der Waals surface area (Å²) in [7, 11) is 8.76. The summed E-state index contributed by atoms with van der Waals surface area (Å²) in [5.74, 6) is 2.05. The van der Waals surface area contributed by atoms with E-state index in [0.717, 1.165) is 26.1 Å². The highest BCUT2D eigenvalue weighted by Gasteiger charge is 2.27. The molecule has 1 fully saturated rings. The molecule has 134 valence electrons. The van der Waals surface area contributed by atoms with E-state index in [1.807, 2.05) is 4.90 Å². The normalized spacial score (nSPS) is 17.1. The minimum absolute atomic E-state index is 0.106. The van der Waals surface area contributed by atoms with Crippen molar-refractivity contribution in [1.82, 2.24) is 9.80 Å². The molecule has 1 unspecified atom stereocenters. The average molecular weight is 337 g/mol. The molecule has 1 aromatic rings. The lowest BCUT2D eigenvalue weighted by atomic mass is 10.1. The van der Waals surface area contributed by atoms with Crippen LogP contribution in [0.4, 0.5) is 10.5 Å². The van der Waals surface area contributed by atoms with Crippen molar-refractivity contribution < 1.29 is 19.0 Å². The number of carbonyl (C=O) groups is 1. The first-order chi connectivity index (χ1) is 11.5. The zero-order chi connectivity index (χ0) is 17.7. The highest BCUT2D eigenvalue weighted by atomic mass is 16.5. The lowest BCUT2D eigenvalue weighted by Crippen LogP contribution is -2.34. The standard InChI is InChI=1S/C17H27N3O4/c1-19(2)10-12-6-7-20(11-12)17(21)18-13-8-14(22-3)16(24-5)15(9-13)23-4/h8-9,12H,6-7,10-11H2,1-5H3,(H,18,21). The van der Waals surface area contributed by atoms with Gasteiger partial charge >= 0.3 is 6.03 Å². The van der Waals surface area contributed by atoms with Gasteiger partial charge < -0.3 is 29.3 Å². The molecule has 1 saturated heterocycles. The van der Waals surface area contributed by atoms with E-state index in [9.17, 15) is 4.79 Å². The maximum Gasteiger partial charge on any atom is 0.321 e. The number of carbonyl (C=O) groups excluding carboxylic acids is 1. The van der Waals surface area contributed by atoms with Crippen LogP contribution in [0.5, 0.6) is 17.2 Å². The van der Waals surface area contributed by atoms with Gasteiger partial charge in [0.15, 0.2) is 11.5 Å². The number of ether oxygens (including phenoxy) is 3. The van der Waals surface area contributed by atoms with Crippen LogP contribution < -0.4 is 19.5 Å². The Morgan fingerprint density at radius 2 is 1.83 bits per heavy atom. The first-order valence-corrected chi connectivity index (χ1v) is 7.99. The lowest BCUT2D eigenvalue weighted by Gasteiger charge is -2.20. The molecule has 0 aromatic heterocycles. The largest absolute Gasteiger partial charge is 0.493 e. The van der Waals surface area contributed by atoms with E-state index in [4.69, 9.17) is 14.2 Å². The fourth-order valence-corrected chi connectivity index (χ4v) is 3.04. The van der Waals surface area contributed by atoms with Crippen molar-refractivity contribution in [2.75, 3.05) is 60.4 Å². The van der Waals surface area contributed by atoms with E-state index in [1.54, 1.807) is 33.5 Å². The Balaban J connectivity index is 2.07. The molecule has 0 radical (unpaired) electrons. The highest BCUT2D eigenvalue weighted by molar-refractivity contribution is 5.90. The van der Waals surface area contributed by atoms with Gasteiger partial charge in [-0.25, -0.2) is 4.79 Å². The third kappa shape index (κ3) is 4.23. The van der Waals surface area contributed by atoms with Crippen molar-refractivity contribution in [3.8, 4) is 17.2 Å². The van der Waals surface area contributed by atoms with Crippen molar-refractivity contribution in [3.63, 3.8) is 0 Å². The van der Waals surface area contributed by atoms with E-state index >= 15 is 0 Å². The summed E-state index contributed by atoms with van der Waals surface area (Å²) in [5.41, 5.74) is 0.616. The number of nitrogens with one attached hydrogen (secondary N) is 1. The molecule has 7 nitrogen and oxygen atoms in total. The fraction of sp³-hybridized carbons (Fsp3) is 0.588. The molecule has 1 N–H and O–H groups in total. The Kier molecular flexibility index (Phi) is 6.14. The highest BCUT2D eigenvalue weighted by Crippen LogP contribution is 2.40. The summed E-state index contributed by atoms with van der Waals surface area (Å²) in [5, 5.41) is 2.92. The zero-order valence-corrected chi connectivity index (χ0v) is 15.1. The fourth-order valence-electron chi connectivity index (χ4n) is 3.04. The molecule has 1 aliphatic rings.